The lowest BCUT2D eigenvalue weighted by Crippen LogP contribution is -2.49. The van der Waals surface area contributed by atoms with Gasteiger partial charge in [0.1, 0.15) is 23.2 Å². The molecule has 0 spiro atoms. The number of amides is 1. The molecular weight excluding hydrogens is 497 g/mol. The van der Waals surface area contributed by atoms with E-state index in [1.54, 1.807) is 18.7 Å². The van der Waals surface area contributed by atoms with Gasteiger partial charge in [0.2, 0.25) is 5.91 Å². The first-order chi connectivity index (χ1) is 18.0. The lowest BCUT2D eigenvalue weighted by Gasteiger charge is -2.43. The van der Waals surface area contributed by atoms with Crippen molar-refractivity contribution in [3.05, 3.63) is 58.2 Å². The molecule has 10 heteroatoms. The van der Waals surface area contributed by atoms with Crippen molar-refractivity contribution in [1.82, 2.24) is 14.9 Å². The molecule has 7 nitrogen and oxygen atoms in total. The second-order valence-corrected chi connectivity index (χ2v) is 10.3. The van der Waals surface area contributed by atoms with E-state index in [-0.39, 0.29) is 17.5 Å². The van der Waals surface area contributed by atoms with Gasteiger partial charge in [-0.1, -0.05) is 18.2 Å². The molecule has 0 radical (unpaired) electrons. The van der Waals surface area contributed by atoms with Crippen LogP contribution in [0, 0.1) is 12.7 Å². The molecule has 0 bridgehead atoms. The Balaban J connectivity index is 1.60. The summed E-state index contributed by atoms with van der Waals surface area (Å²) in [6.07, 6.45) is -1.64. The van der Waals surface area contributed by atoms with Crippen LogP contribution in [0.25, 0.3) is 10.9 Å². The summed E-state index contributed by atoms with van der Waals surface area (Å²) in [5, 5.41) is 15.7. The van der Waals surface area contributed by atoms with Crippen LogP contribution < -0.4 is 10.1 Å². The molecule has 2 aromatic carbocycles. The fourth-order valence-electron chi connectivity index (χ4n) is 5.83. The number of fused-ring (bicyclic) bond motifs is 3. The molecule has 0 saturated carbocycles. The largest absolute Gasteiger partial charge is 0.492 e. The number of piperidine rings is 1. The molecule has 202 valence electrons. The number of aromatic nitrogens is 2. The summed E-state index contributed by atoms with van der Waals surface area (Å²) in [6, 6.07) is 4.93. The Labute approximate surface area is 219 Å². The molecule has 2 aliphatic heterocycles. The van der Waals surface area contributed by atoms with Gasteiger partial charge in [0.15, 0.2) is 0 Å². The molecule has 3 aromatic rings. The van der Waals surface area contributed by atoms with E-state index in [1.165, 1.54) is 19.1 Å². The summed E-state index contributed by atoms with van der Waals surface area (Å²) in [4.78, 5) is 23.0. The van der Waals surface area contributed by atoms with Crippen molar-refractivity contribution in [2.45, 2.75) is 71.1 Å². The van der Waals surface area contributed by atoms with Gasteiger partial charge in [-0.25, -0.2) is 23.1 Å². The van der Waals surface area contributed by atoms with Gasteiger partial charge in [0.25, 0.3) is 6.43 Å². The summed E-state index contributed by atoms with van der Waals surface area (Å²) in [7, 11) is 0. The number of aliphatic hydroxyl groups is 1. The first-order valence-electron chi connectivity index (χ1n) is 12.8. The van der Waals surface area contributed by atoms with E-state index < -0.39 is 29.4 Å². The number of likely N-dealkylation sites (tertiary alicyclic amines) is 1. The first-order valence-corrected chi connectivity index (χ1v) is 12.8. The average Bonchev–Trinajstić information content (AvgIpc) is 3.33. The SMILES string of the molecule is CC(=O)N1CC[C@](O)(c2cc3c(N[C@H](C)c4cccc(C(F)F)c4F)nc(C)nc3c3c2OCC3)C[C@@H]1C. The minimum absolute atomic E-state index is 0.0352. The van der Waals surface area contributed by atoms with Gasteiger partial charge in [-0.3, -0.25) is 4.79 Å². The third-order valence-electron chi connectivity index (χ3n) is 7.70. The second-order valence-electron chi connectivity index (χ2n) is 10.3. The Bertz CT molecular complexity index is 1420. The molecule has 0 aliphatic carbocycles. The number of hydrogen-bond donors (Lipinski definition) is 2. The van der Waals surface area contributed by atoms with E-state index in [0.717, 1.165) is 11.6 Å². The highest BCUT2D eigenvalue weighted by Crippen LogP contribution is 2.47. The number of carbonyl (C=O) groups excluding carboxylic acids is 1. The highest BCUT2D eigenvalue weighted by molar-refractivity contribution is 5.94. The zero-order chi connectivity index (χ0) is 27.4. The van der Waals surface area contributed by atoms with Crippen LogP contribution in [-0.2, 0) is 16.8 Å². The van der Waals surface area contributed by atoms with Crippen LogP contribution in [0.5, 0.6) is 5.75 Å². The Morgan fingerprint density at radius 2 is 2.03 bits per heavy atom. The van der Waals surface area contributed by atoms with Crippen molar-refractivity contribution in [3.8, 4) is 5.75 Å². The highest BCUT2D eigenvalue weighted by Gasteiger charge is 2.42. The number of carbonyl (C=O) groups is 1. The molecule has 1 aromatic heterocycles. The van der Waals surface area contributed by atoms with E-state index in [0.29, 0.717) is 66.3 Å². The number of nitrogens with zero attached hydrogens (tertiary/aromatic N) is 3. The predicted octanol–water partition coefficient (Wildman–Crippen LogP) is 5.34. The molecule has 38 heavy (non-hydrogen) atoms. The van der Waals surface area contributed by atoms with Crippen LogP contribution >= 0.6 is 0 Å². The molecule has 1 saturated heterocycles. The van der Waals surface area contributed by atoms with E-state index in [9.17, 15) is 23.1 Å². The third-order valence-corrected chi connectivity index (χ3v) is 7.70. The third kappa shape index (κ3) is 4.44. The van der Waals surface area contributed by atoms with Gasteiger partial charge in [0.05, 0.1) is 29.3 Å². The van der Waals surface area contributed by atoms with E-state index >= 15 is 0 Å². The van der Waals surface area contributed by atoms with Gasteiger partial charge in [-0.05, 0) is 33.3 Å². The molecular formula is C28H31F3N4O3. The zero-order valence-corrected chi connectivity index (χ0v) is 21.8. The fraction of sp³-hybridized carbons (Fsp3) is 0.464. The summed E-state index contributed by atoms with van der Waals surface area (Å²) in [5.41, 5.74) is 0.357. The van der Waals surface area contributed by atoms with Crippen molar-refractivity contribution >= 4 is 22.6 Å². The van der Waals surface area contributed by atoms with E-state index in [2.05, 4.69) is 15.3 Å². The van der Waals surface area contributed by atoms with Crippen molar-refractivity contribution in [2.24, 2.45) is 0 Å². The molecule has 3 atom stereocenters. The second kappa shape index (κ2) is 9.72. The lowest BCUT2D eigenvalue weighted by molar-refractivity contribution is -0.137. The maximum absolute atomic E-state index is 14.9. The smallest absolute Gasteiger partial charge is 0.266 e. The zero-order valence-electron chi connectivity index (χ0n) is 21.8. The van der Waals surface area contributed by atoms with Crippen molar-refractivity contribution < 1.29 is 27.8 Å². The van der Waals surface area contributed by atoms with E-state index in [4.69, 9.17) is 4.74 Å². The predicted molar refractivity (Wildman–Crippen MR) is 137 cm³/mol. The number of benzene rings is 2. The first kappa shape index (κ1) is 26.2. The fourth-order valence-corrected chi connectivity index (χ4v) is 5.83. The average molecular weight is 529 g/mol. The topological polar surface area (TPSA) is 87.6 Å². The maximum atomic E-state index is 14.9. The lowest BCUT2D eigenvalue weighted by atomic mass is 9.79. The molecule has 5 rings (SSSR count). The van der Waals surface area contributed by atoms with Crippen LogP contribution in [0.3, 0.4) is 0 Å². The van der Waals surface area contributed by atoms with Crippen molar-refractivity contribution in [2.75, 3.05) is 18.5 Å². The Hall–Kier alpha value is -3.40. The number of alkyl halides is 2. The van der Waals surface area contributed by atoms with Crippen LogP contribution in [0.1, 0.15) is 74.2 Å². The minimum atomic E-state index is -2.92. The summed E-state index contributed by atoms with van der Waals surface area (Å²) >= 11 is 0. The Morgan fingerprint density at radius 1 is 1.29 bits per heavy atom. The highest BCUT2D eigenvalue weighted by atomic mass is 19.3. The quantitative estimate of drug-likeness (QED) is 0.465. The van der Waals surface area contributed by atoms with Crippen LogP contribution in [0.2, 0.25) is 0 Å². The van der Waals surface area contributed by atoms with Gasteiger partial charge in [0, 0.05) is 54.4 Å². The normalized spacial score (nSPS) is 21.9. The van der Waals surface area contributed by atoms with E-state index in [1.807, 2.05) is 13.0 Å². The Morgan fingerprint density at radius 3 is 2.71 bits per heavy atom. The van der Waals surface area contributed by atoms with Crippen molar-refractivity contribution in [1.29, 1.82) is 0 Å². The monoisotopic (exact) mass is 528 g/mol. The van der Waals surface area contributed by atoms with Crippen molar-refractivity contribution in [3.63, 3.8) is 0 Å². The summed E-state index contributed by atoms with van der Waals surface area (Å²) < 4.78 is 47.5. The minimum Gasteiger partial charge on any atom is -0.492 e. The van der Waals surface area contributed by atoms with Gasteiger partial charge in [-0.15, -0.1) is 0 Å². The van der Waals surface area contributed by atoms with Gasteiger partial charge in [-0.2, -0.15) is 0 Å². The van der Waals surface area contributed by atoms with Crippen LogP contribution in [0.4, 0.5) is 19.0 Å². The standard InChI is InChI=1S/C28H31F3N4O3/c1-14-13-28(37,9-10-35(14)17(4)36)22-12-21-24(20-8-11-38-25(20)22)33-16(3)34-27(21)32-15(2)18-6-5-7-19(23(18)29)26(30)31/h5-7,12,14-15,26,37H,8-11,13H2,1-4H3,(H,32,33,34)/t14-,15+,28+/m0/s1. The molecule has 1 fully saturated rings. The number of hydrogen-bond acceptors (Lipinski definition) is 6. The molecule has 2 N–H and O–H groups in total. The summed E-state index contributed by atoms with van der Waals surface area (Å²) in [6.45, 7) is 7.72. The number of nitrogens with one attached hydrogen (secondary N) is 1. The number of halogens is 3. The molecule has 2 aliphatic rings. The summed E-state index contributed by atoms with van der Waals surface area (Å²) in [5.74, 6) is 0.518. The molecule has 1 amide bonds. The Kier molecular flexibility index (Phi) is 6.71. The number of ether oxygens (including phenoxy) is 1. The van der Waals surface area contributed by atoms with Gasteiger partial charge >= 0.3 is 0 Å². The number of anilines is 1. The molecule has 3 heterocycles. The van der Waals surface area contributed by atoms with Crippen LogP contribution in [-0.4, -0.2) is 45.1 Å². The van der Waals surface area contributed by atoms with Gasteiger partial charge < -0.3 is 20.1 Å². The number of aryl methyl sites for hydroxylation is 1. The molecule has 0 unspecified atom stereocenters. The maximum Gasteiger partial charge on any atom is 0.266 e. The number of rotatable bonds is 5. The van der Waals surface area contributed by atoms with Crippen LogP contribution in [0.15, 0.2) is 24.3 Å².